The number of nitrogens with one attached hydrogen (secondary N) is 2. The lowest BCUT2D eigenvalue weighted by Crippen LogP contribution is -2.43. The van der Waals surface area contributed by atoms with Crippen molar-refractivity contribution in [3.8, 4) is 0 Å². The molecule has 0 spiro atoms. The highest BCUT2D eigenvalue weighted by Gasteiger charge is 2.33. The molecule has 0 unspecified atom stereocenters. The second-order valence-electron chi connectivity index (χ2n) is 6.49. The van der Waals surface area contributed by atoms with Crippen molar-refractivity contribution in [2.24, 2.45) is 4.99 Å². The van der Waals surface area contributed by atoms with Crippen molar-refractivity contribution in [1.29, 1.82) is 0 Å². The van der Waals surface area contributed by atoms with Crippen LogP contribution >= 0.6 is 11.3 Å². The van der Waals surface area contributed by atoms with Crippen LogP contribution in [0.2, 0.25) is 0 Å². The van der Waals surface area contributed by atoms with Crippen molar-refractivity contribution in [2.45, 2.75) is 50.7 Å². The molecule has 0 saturated heterocycles. The van der Waals surface area contributed by atoms with Gasteiger partial charge < -0.3 is 15.1 Å². The zero-order valence-corrected chi connectivity index (χ0v) is 15.7. The molecule has 2 heterocycles. The second-order valence-corrected chi connectivity index (χ2v) is 7.43. The van der Waals surface area contributed by atoms with Gasteiger partial charge in [0.1, 0.15) is 5.76 Å². The van der Waals surface area contributed by atoms with Gasteiger partial charge in [0.2, 0.25) is 0 Å². The largest absolute Gasteiger partial charge is 0.469 e. The minimum Gasteiger partial charge on any atom is -0.469 e. The fraction of sp³-hybridized carbons (Fsp3) is 0.556. The van der Waals surface area contributed by atoms with Crippen molar-refractivity contribution in [2.75, 3.05) is 13.1 Å². The highest BCUT2D eigenvalue weighted by molar-refractivity contribution is 7.09. The molecule has 0 aromatic carbocycles. The van der Waals surface area contributed by atoms with Crippen LogP contribution in [0.15, 0.2) is 33.2 Å². The minimum absolute atomic E-state index is 0.383. The average Bonchev–Trinajstić information content (AvgIpc) is 3.37. The number of aliphatic imine (C=N–C) groups is 1. The molecule has 1 aliphatic carbocycles. The van der Waals surface area contributed by atoms with Gasteiger partial charge in [-0.1, -0.05) is 12.8 Å². The monoisotopic (exact) mass is 400 g/mol. The molecular formula is C18H23F3N4OS. The summed E-state index contributed by atoms with van der Waals surface area (Å²) in [6.07, 6.45) is 3.01. The van der Waals surface area contributed by atoms with Gasteiger partial charge in [0, 0.05) is 37.4 Å². The normalized spacial score (nSPS) is 16.0. The topological polar surface area (TPSA) is 62.5 Å². The van der Waals surface area contributed by atoms with E-state index in [0.29, 0.717) is 36.5 Å². The molecule has 1 fully saturated rings. The molecule has 3 rings (SSSR count). The number of nitrogens with zero attached hydrogens (tertiary/aromatic N) is 2. The molecule has 0 bridgehead atoms. The molecule has 0 aliphatic heterocycles. The Morgan fingerprint density at radius 1 is 1.30 bits per heavy atom. The Morgan fingerprint density at radius 3 is 2.78 bits per heavy atom. The van der Waals surface area contributed by atoms with Crippen LogP contribution in [0.3, 0.4) is 0 Å². The number of hydrogen-bond donors (Lipinski definition) is 2. The molecule has 2 aromatic rings. The summed E-state index contributed by atoms with van der Waals surface area (Å²) in [5, 5.41) is 8.21. The molecule has 0 amide bonds. The lowest BCUT2D eigenvalue weighted by molar-refractivity contribution is -0.140. The van der Waals surface area contributed by atoms with E-state index in [4.69, 9.17) is 4.42 Å². The Balaban J connectivity index is 1.52. The molecule has 0 radical (unpaired) electrons. The molecule has 0 atom stereocenters. The van der Waals surface area contributed by atoms with Crippen LogP contribution in [0.5, 0.6) is 0 Å². The van der Waals surface area contributed by atoms with Crippen molar-refractivity contribution >= 4 is 17.3 Å². The third-order valence-electron chi connectivity index (χ3n) is 4.38. The predicted molar refractivity (Wildman–Crippen MR) is 98.9 cm³/mol. The van der Waals surface area contributed by atoms with Crippen LogP contribution in [0, 0.1) is 0 Å². The van der Waals surface area contributed by atoms with E-state index >= 15 is 0 Å². The maximum Gasteiger partial charge on any atom is 0.434 e. The molecular weight excluding hydrogens is 377 g/mol. The highest BCUT2D eigenvalue weighted by atomic mass is 32.1. The summed E-state index contributed by atoms with van der Waals surface area (Å²) in [6.45, 7) is 1.05. The number of rotatable bonds is 7. The number of thiazole rings is 1. The first-order valence-electron chi connectivity index (χ1n) is 9.09. The van der Waals surface area contributed by atoms with Crippen molar-refractivity contribution in [3.05, 3.63) is 40.2 Å². The van der Waals surface area contributed by atoms with Gasteiger partial charge in [-0.05, 0) is 25.0 Å². The molecule has 27 heavy (non-hydrogen) atoms. The van der Waals surface area contributed by atoms with Gasteiger partial charge in [0.15, 0.2) is 11.7 Å². The van der Waals surface area contributed by atoms with E-state index in [2.05, 4.69) is 20.6 Å². The van der Waals surface area contributed by atoms with E-state index in [9.17, 15) is 13.2 Å². The molecule has 148 valence electrons. The fourth-order valence-electron chi connectivity index (χ4n) is 2.99. The number of guanidine groups is 1. The molecule has 2 aromatic heterocycles. The Labute approximate surface area is 160 Å². The number of aromatic nitrogens is 1. The molecule has 2 N–H and O–H groups in total. The first kappa shape index (κ1) is 19.7. The van der Waals surface area contributed by atoms with Gasteiger partial charge in [-0.15, -0.1) is 11.3 Å². The van der Waals surface area contributed by atoms with Crippen LogP contribution in [-0.4, -0.2) is 30.1 Å². The maximum atomic E-state index is 12.6. The first-order chi connectivity index (χ1) is 13.0. The lowest BCUT2D eigenvalue weighted by atomic mass is 10.2. The van der Waals surface area contributed by atoms with Gasteiger partial charge in [-0.3, -0.25) is 4.99 Å². The van der Waals surface area contributed by atoms with Gasteiger partial charge in [0.05, 0.1) is 11.3 Å². The minimum atomic E-state index is -4.39. The molecule has 1 aliphatic rings. The number of hydrogen-bond acceptors (Lipinski definition) is 4. The summed E-state index contributed by atoms with van der Waals surface area (Å²) >= 11 is 1.02. The van der Waals surface area contributed by atoms with E-state index in [1.807, 2.05) is 12.1 Å². The van der Waals surface area contributed by atoms with Crippen molar-refractivity contribution < 1.29 is 17.6 Å². The van der Waals surface area contributed by atoms with Gasteiger partial charge in [-0.2, -0.15) is 13.2 Å². The van der Waals surface area contributed by atoms with E-state index < -0.39 is 11.9 Å². The molecule has 5 nitrogen and oxygen atoms in total. The fourth-order valence-corrected chi connectivity index (χ4v) is 3.79. The second kappa shape index (κ2) is 9.25. The van der Waals surface area contributed by atoms with Gasteiger partial charge in [-0.25, -0.2) is 4.98 Å². The predicted octanol–water partition coefficient (Wildman–Crippen LogP) is 4.02. The van der Waals surface area contributed by atoms with E-state index in [-0.39, 0.29) is 0 Å². The van der Waals surface area contributed by atoms with Crippen LogP contribution in [0.1, 0.15) is 42.1 Å². The third-order valence-corrected chi connectivity index (χ3v) is 5.29. The standard InChI is InChI=1S/C18H23F3N4OS/c19-18(20,21)15-12-27-16(25-15)8-10-23-17(24-13-4-1-2-5-13)22-9-7-14-6-3-11-26-14/h3,6,11-13H,1-2,4-5,7-10H2,(H2,22,23,24). The summed E-state index contributed by atoms with van der Waals surface area (Å²) in [4.78, 5) is 8.17. The van der Waals surface area contributed by atoms with Crippen molar-refractivity contribution in [1.82, 2.24) is 15.6 Å². The highest BCUT2D eigenvalue weighted by Crippen LogP contribution is 2.30. The quantitative estimate of drug-likeness (QED) is 0.544. The average molecular weight is 400 g/mol. The molecule has 1 saturated carbocycles. The maximum absolute atomic E-state index is 12.6. The number of alkyl halides is 3. The zero-order chi connectivity index (χ0) is 19.1. The van der Waals surface area contributed by atoms with E-state index in [1.165, 1.54) is 12.8 Å². The van der Waals surface area contributed by atoms with Crippen LogP contribution in [-0.2, 0) is 19.0 Å². The summed E-state index contributed by atoms with van der Waals surface area (Å²) in [5.41, 5.74) is -0.827. The van der Waals surface area contributed by atoms with Crippen LogP contribution in [0.25, 0.3) is 0 Å². The Bertz CT molecular complexity index is 721. The smallest absolute Gasteiger partial charge is 0.434 e. The Kier molecular flexibility index (Phi) is 6.76. The Morgan fingerprint density at radius 2 is 2.11 bits per heavy atom. The van der Waals surface area contributed by atoms with Crippen LogP contribution in [0.4, 0.5) is 13.2 Å². The SMILES string of the molecule is FC(F)(F)c1csc(CCN=C(NCCc2ccco2)NC2CCCC2)n1. The zero-order valence-electron chi connectivity index (χ0n) is 14.9. The first-order valence-corrected chi connectivity index (χ1v) is 9.97. The number of furan rings is 1. The van der Waals surface area contributed by atoms with E-state index in [1.54, 1.807) is 6.26 Å². The summed E-state index contributed by atoms with van der Waals surface area (Å²) in [5.74, 6) is 1.59. The van der Waals surface area contributed by atoms with E-state index in [0.717, 1.165) is 41.7 Å². The van der Waals surface area contributed by atoms with Crippen LogP contribution < -0.4 is 10.6 Å². The van der Waals surface area contributed by atoms with Gasteiger partial charge >= 0.3 is 6.18 Å². The van der Waals surface area contributed by atoms with Crippen molar-refractivity contribution in [3.63, 3.8) is 0 Å². The Hall–Kier alpha value is -2.03. The summed E-state index contributed by atoms with van der Waals surface area (Å²) < 4.78 is 43.2. The summed E-state index contributed by atoms with van der Waals surface area (Å²) in [6, 6.07) is 4.17. The number of halogens is 3. The molecule has 9 heteroatoms. The van der Waals surface area contributed by atoms with Gasteiger partial charge in [0.25, 0.3) is 0 Å². The lowest BCUT2D eigenvalue weighted by Gasteiger charge is -2.17. The third kappa shape index (κ3) is 6.27. The summed E-state index contributed by atoms with van der Waals surface area (Å²) in [7, 11) is 0.